The van der Waals surface area contributed by atoms with Gasteiger partial charge in [-0.15, -0.1) is 0 Å². The number of rotatable bonds is 5. The van der Waals surface area contributed by atoms with Gasteiger partial charge in [0.2, 0.25) is 0 Å². The quantitative estimate of drug-likeness (QED) is 0.420. The zero-order valence-electron chi connectivity index (χ0n) is 19.8. The number of piperazine rings is 1. The highest BCUT2D eigenvalue weighted by atomic mass is 19.1. The molecule has 4 aromatic rings. The fourth-order valence-corrected chi connectivity index (χ4v) is 4.65. The van der Waals surface area contributed by atoms with Gasteiger partial charge in [-0.25, -0.2) is 9.37 Å². The van der Waals surface area contributed by atoms with Gasteiger partial charge in [0.1, 0.15) is 17.2 Å². The second-order valence-corrected chi connectivity index (χ2v) is 8.67. The first kappa shape index (κ1) is 22.9. The lowest BCUT2D eigenvalue weighted by Crippen LogP contribution is -2.48. The van der Waals surface area contributed by atoms with E-state index in [9.17, 15) is 9.18 Å². The number of amides is 1. The van der Waals surface area contributed by atoms with Gasteiger partial charge < -0.3 is 25.3 Å². The average molecular weight is 474 g/mol. The smallest absolute Gasteiger partial charge is 0.256 e. The molecule has 8 heteroatoms. The summed E-state index contributed by atoms with van der Waals surface area (Å²) in [6.45, 7) is 5.82. The predicted octanol–water partition coefficient (Wildman–Crippen LogP) is 4.40. The number of para-hydroxylation sites is 1. The maximum Gasteiger partial charge on any atom is 0.256 e. The highest BCUT2D eigenvalue weighted by molar-refractivity contribution is 6.01. The molecule has 0 bridgehead atoms. The van der Waals surface area contributed by atoms with Crippen LogP contribution in [0.2, 0.25) is 0 Å². The predicted molar refractivity (Wildman–Crippen MR) is 136 cm³/mol. The van der Waals surface area contributed by atoms with Crippen molar-refractivity contribution < 1.29 is 13.9 Å². The number of benzene rings is 2. The average Bonchev–Trinajstić information content (AvgIpc) is 3.33. The molecule has 0 spiro atoms. The van der Waals surface area contributed by atoms with E-state index in [4.69, 9.17) is 10.5 Å². The first-order valence-electron chi connectivity index (χ1n) is 11.7. The number of likely N-dealkylation sites (N-methyl/N-ethyl adjacent to an activating group) is 1. The molecule has 2 aromatic heterocycles. The highest BCUT2D eigenvalue weighted by Crippen LogP contribution is 2.36. The van der Waals surface area contributed by atoms with Gasteiger partial charge in [-0.2, -0.15) is 0 Å². The third-order valence-corrected chi connectivity index (χ3v) is 6.73. The zero-order valence-corrected chi connectivity index (χ0v) is 19.8. The molecular weight excluding hydrogens is 445 g/mol. The largest absolute Gasteiger partial charge is 0.496 e. The Morgan fingerprint density at radius 2 is 1.89 bits per heavy atom. The summed E-state index contributed by atoms with van der Waals surface area (Å²) in [5.41, 5.74) is 9.88. The molecule has 5 rings (SSSR count). The summed E-state index contributed by atoms with van der Waals surface area (Å²) >= 11 is 0. The second kappa shape index (κ2) is 9.38. The molecule has 0 aliphatic carbocycles. The van der Waals surface area contributed by atoms with E-state index in [0.29, 0.717) is 29.9 Å². The number of ether oxygens (including phenoxy) is 1. The third kappa shape index (κ3) is 4.21. The minimum atomic E-state index is -0.614. The summed E-state index contributed by atoms with van der Waals surface area (Å²) in [6.07, 6.45) is 3.55. The number of aromatic nitrogens is 2. The number of aromatic amines is 1. The number of fused-ring (bicyclic) bond motifs is 1. The minimum absolute atomic E-state index is 0.123. The van der Waals surface area contributed by atoms with Gasteiger partial charge in [0, 0.05) is 60.6 Å². The van der Waals surface area contributed by atoms with Crippen LogP contribution in [-0.2, 0) is 0 Å². The van der Waals surface area contributed by atoms with E-state index in [2.05, 4.69) is 21.8 Å². The number of nitrogens with one attached hydrogen (secondary N) is 1. The molecule has 7 nitrogen and oxygen atoms in total. The first-order valence-corrected chi connectivity index (χ1v) is 11.7. The van der Waals surface area contributed by atoms with Crippen molar-refractivity contribution in [2.45, 2.75) is 6.92 Å². The van der Waals surface area contributed by atoms with Gasteiger partial charge in [0.25, 0.3) is 5.91 Å². The number of carbonyl (C=O) groups excluding carboxylic acids is 1. The van der Waals surface area contributed by atoms with Crippen molar-refractivity contribution in [1.82, 2.24) is 19.8 Å². The summed E-state index contributed by atoms with van der Waals surface area (Å²) < 4.78 is 20.5. The number of nitrogens with two attached hydrogens (primary N) is 1. The molecule has 180 valence electrons. The normalized spacial score (nSPS) is 14.4. The zero-order chi connectivity index (χ0) is 24.5. The van der Waals surface area contributed by atoms with Crippen molar-refractivity contribution in [3.8, 4) is 28.0 Å². The Hall–Kier alpha value is -3.91. The van der Waals surface area contributed by atoms with Gasteiger partial charge in [0.05, 0.1) is 18.4 Å². The van der Waals surface area contributed by atoms with Crippen LogP contribution in [0.25, 0.3) is 33.3 Å². The minimum Gasteiger partial charge on any atom is -0.496 e. The number of nitrogens with zero attached hydrogens (tertiary/aromatic N) is 3. The number of halogens is 1. The number of methoxy groups -OCH3 is 1. The summed E-state index contributed by atoms with van der Waals surface area (Å²) in [6, 6.07) is 12.7. The van der Waals surface area contributed by atoms with Crippen molar-refractivity contribution in [1.29, 1.82) is 0 Å². The van der Waals surface area contributed by atoms with Crippen molar-refractivity contribution in [3.05, 3.63) is 66.2 Å². The molecule has 0 atom stereocenters. The summed E-state index contributed by atoms with van der Waals surface area (Å²) in [7, 11) is 1.63. The van der Waals surface area contributed by atoms with Crippen LogP contribution in [-0.4, -0.2) is 65.5 Å². The number of hydrogen-bond acceptors (Lipinski definition) is 5. The Balaban J connectivity index is 1.54. The Kier molecular flexibility index (Phi) is 6.13. The monoisotopic (exact) mass is 473 g/mol. The standard InChI is InChI=1S/C27H28FN5O2/c1-3-32-8-10-33(11-9-32)27(34)21-12-17(14-23(28)25(21)29)18-13-20-22(16-31-26(20)30-15-18)19-6-4-5-7-24(19)35-2/h4-7,12-16H,3,8-11,29H2,1-2H3,(H,30,31). The first-order chi connectivity index (χ1) is 17.0. The number of hydrogen-bond donors (Lipinski definition) is 2. The molecule has 3 N–H and O–H groups in total. The molecule has 0 unspecified atom stereocenters. The van der Waals surface area contributed by atoms with Crippen LogP contribution in [0.15, 0.2) is 54.9 Å². The second-order valence-electron chi connectivity index (χ2n) is 8.67. The summed E-state index contributed by atoms with van der Waals surface area (Å²) in [4.78, 5) is 25.0. The fraction of sp³-hybridized carbons (Fsp3) is 0.259. The summed E-state index contributed by atoms with van der Waals surface area (Å²) in [5, 5.41) is 0.868. The van der Waals surface area contributed by atoms with Crippen LogP contribution < -0.4 is 10.5 Å². The molecular formula is C27H28FN5O2. The lowest BCUT2D eigenvalue weighted by atomic mass is 9.99. The SMILES string of the molecule is CCN1CCN(C(=O)c2cc(-c3cnc4[nH]cc(-c5ccccc5OC)c4c3)cc(F)c2N)CC1. The lowest BCUT2D eigenvalue weighted by molar-refractivity contribution is 0.0644. The molecule has 1 amide bonds. The van der Waals surface area contributed by atoms with Crippen LogP contribution in [0, 0.1) is 5.82 Å². The van der Waals surface area contributed by atoms with Crippen molar-refractivity contribution in [2.24, 2.45) is 0 Å². The highest BCUT2D eigenvalue weighted by Gasteiger charge is 2.25. The van der Waals surface area contributed by atoms with Crippen LogP contribution in [0.3, 0.4) is 0 Å². The molecule has 1 fully saturated rings. The van der Waals surface area contributed by atoms with E-state index >= 15 is 0 Å². The van der Waals surface area contributed by atoms with Crippen molar-refractivity contribution >= 4 is 22.6 Å². The van der Waals surface area contributed by atoms with E-state index in [-0.39, 0.29) is 17.2 Å². The van der Waals surface area contributed by atoms with E-state index < -0.39 is 5.82 Å². The van der Waals surface area contributed by atoms with E-state index in [1.807, 2.05) is 36.5 Å². The van der Waals surface area contributed by atoms with Gasteiger partial charge >= 0.3 is 0 Å². The van der Waals surface area contributed by atoms with Crippen LogP contribution in [0.5, 0.6) is 5.75 Å². The number of anilines is 1. The molecule has 1 aliphatic heterocycles. The van der Waals surface area contributed by atoms with Gasteiger partial charge in [-0.1, -0.05) is 25.1 Å². The van der Waals surface area contributed by atoms with Crippen LogP contribution in [0.1, 0.15) is 17.3 Å². The fourth-order valence-electron chi connectivity index (χ4n) is 4.65. The number of H-pyrrole nitrogens is 1. The van der Waals surface area contributed by atoms with Gasteiger partial charge in [-0.05, 0) is 36.4 Å². The van der Waals surface area contributed by atoms with E-state index in [1.165, 1.54) is 6.07 Å². The maximum atomic E-state index is 14.9. The van der Waals surface area contributed by atoms with Crippen LogP contribution >= 0.6 is 0 Å². The van der Waals surface area contributed by atoms with Gasteiger partial charge in [-0.3, -0.25) is 4.79 Å². The number of pyridine rings is 1. The molecule has 0 radical (unpaired) electrons. The lowest BCUT2D eigenvalue weighted by Gasteiger charge is -2.34. The molecule has 1 aliphatic rings. The van der Waals surface area contributed by atoms with E-state index in [0.717, 1.165) is 41.9 Å². The maximum absolute atomic E-state index is 14.9. The Bertz CT molecular complexity index is 1390. The number of carbonyl (C=O) groups is 1. The van der Waals surface area contributed by atoms with E-state index in [1.54, 1.807) is 24.3 Å². The van der Waals surface area contributed by atoms with Crippen molar-refractivity contribution in [2.75, 3.05) is 45.6 Å². The van der Waals surface area contributed by atoms with Gasteiger partial charge in [0.15, 0.2) is 0 Å². The summed E-state index contributed by atoms with van der Waals surface area (Å²) in [5.74, 6) is -0.116. The molecule has 2 aromatic carbocycles. The van der Waals surface area contributed by atoms with Crippen molar-refractivity contribution in [3.63, 3.8) is 0 Å². The van der Waals surface area contributed by atoms with Crippen LogP contribution in [0.4, 0.5) is 10.1 Å². The number of nitrogen functional groups attached to an aromatic ring is 1. The molecule has 1 saturated heterocycles. The Labute approximate surface area is 203 Å². The topological polar surface area (TPSA) is 87.5 Å². The Morgan fingerprint density at radius 1 is 1.11 bits per heavy atom. The molecule has 35 heavy (non-hydrogen) atoms. The molecule has 0 saturated carbocycles. The Morgan fingerprint density at radius 3 is 2.63 bits per heavy atom. The molecule has 3 heterocycles. The third-order valence-electron chi connectivity index (χ3n) is 6.73.